The van der Waals surface area contributed by atoms with Gasteiger partial charge in [-0.2, -0.15) is 8.42 Å². The molecule has 2 aromatic rings. The van der Waals surface area contributed by atoms with Crippen LogP contribution in [-0.2, 0) is 10.1 Å². The maximum atomic E-state index is 13.1. The van der Waals surface area contributed by atoms with Gasteiger partial charge >= 0.3 is 10.1 Å². The van der Waals surface area contributed by atoms with E-state index in [9.17, 15) is 22.9 Å². The summed E-state index contributed by atoms with van der Waals surface area (Å²) in [6.07, 6.45) is 0. The van der Waals surface area contributed by atoms with Gasteiger partial charge in [0.1, 0.15) is 16.5 Å². The van der Waals surface area contributed by atoms with Crippen molar-refractivity contribution >= 4 is 27.4 Å². The molecule has 0 heterocycles. The van der Waals surface area contributed by atoms with Crippen LogP contribution in [0.4, 0.5) is 10.1 Å². The molecule has 0 aliphatic heterocycles. The number of halogens is 2. The number of nitrogens with zero attached hydrogens (tertiary/aromatic N) is 1. The summed E-state index contributed by atoms with van der Waals surface area (Å²) in [6.45, 7) is 0. The van der Waals surface area contributed by atoms with Gasteiger partial charge < -0.3 is 4.18 Å². The van der Waals surface area contributed by atoms with Crippen molar-refractivity contribution in [3.63, 3.8) is 0 Å². The van der Waals surface area contributed by atoms with Crippen molar-refractivity contribution in [2.24, 2.45) is 0 Å². The summed E-state index contributed by atoms with van der Waals surface area (Å²) in [6, 6.07) is 7.36. The Kier molecular flexibility index (Phi) is 4.10. The molecular formula is C12H7ClFNO5S. The van der Waals surface area contributed by atoms with E-state index in [1.165, 1.54) is 18.2 Å². The molecule has 0 atom stereocenters. The molecule has 0 aliphatic carbocycles. The summed E-state index contributed by atoms with van der Waals surface area (Å²) in [4.78, 5) is 9.36. The molecule has 110 valence electrons. The lowest BCUT2D eigenvalue weighted by Gasteiger charge is -2.08. The van der Waals surface area contributed by atoms with Crippen LogP contribution in [-0.4, -0.2) is 13.3 Å². The third-order valence-corrected chi connectivity index (χ3v) is 4.13. The van der Waals surface area contributed by atoms with Gasteiger partial charge in [0.2, 0.25) is 0 Å². The zero-order valence-electron chi connectivity index (χ0n) is 10.2. The summed E-state index contributed by atoms with van der Waals surface area (Å²) < 4.78 is 41.9. The molecular weight excluding hydrogens is 325 g/mol. The Bertz CT molecular complexity index is 809. The van der Waals surface area contributed by atoms with E-state index in [1.807, 2.05) is 0 Å². The Hall–Kier alpha value is -2.19. The number of nitro groups is 1. The summed E-state index contributed by atoms with van der Waals surface area (Å²) in [5.74, 6) is -1.08. The zero-order chi connectivity index (χ0) is 15.6. The predicted molar refractivity (Wildman–Crippen MR) is 72.3 cm³/mol. The maximum absolute atomic E-state index is 13.1. The highest BCUT2D eigenvalue weighted by Gasteiger charge is 2.22. The van der Waals surface area contributed by atoms with Crippen molar-refractivity contribution < 1.29 is 21.9 Å². The van der Waals surface area contributed by atoms with Crippen molar-refractivity contribution in [2.45, 2.75) is 4.90 Å². The Balaban J connectivity index is 2.40. The fourth-order valence-electron chi connectivity index (χ4n) is 1.49. The minimum absolute atomic E-state index is 0.221. The molecule has 0 amide bonds. The highest BCUT2D eigenvalue weighted by atomic mass is 35.5. The Labute approximate surface area is 124 Å². The van der Waals surface area contributed by atoms with E-state index in [0.29, 0.717) is 6.07 Å². The molecule has 0 radical (unpaired) electrons. The topological polar surface area (TPSA) is 86.5 Å². The van der Waals surface area contributed by atoms with Crippen LogP contribution in [0.2, 0.25) is 5.02 Å². The smallest absolute Gasteiger partial charge is 0.340 e. The van der Waals surface area contributed by atoms with Crippen LogP contribution in [0.15, 0.2) is 47.4 Å². The normalized spacial score (nSPS) is 11.1. The average Bonchev–Trinajstić information content (AvgIpc) is 2.41. The minimum atomic E-state index is -4.40. The van der Waals surface area contributed by atoms with Crippen molar-refractivity contribution in [1.82, 2.24) is 0 Å². The summed E-state index contributed by atoms with van der Waals surface area (Å²) in [5, 5.41) is 10.4. The molecule has 0 bridgehead atoms. The summed E-state index contributed by atoms with van der Waals surface area (Å²) in [7, 11) is -4.40. The number of hydrogen-bond acceptors (Lipinski definition) is 5. The molecule has 0 unspecified atom stereocenters. The van der Waals surface area contributed by atoms with Crippen LogP contribution in [0.3, 0.4) is 0 Å². The Morgan fingerprint density at radius 2 is 1.90 bits per heavy atom. The fraction of sp³-hybridized carbons (Fsp3) is 0. The monoisotopic (exact) mass is 331 g/mol. The van der Waals surface area contributed by atoms with E-state index >= 15 is 0 Å². The van der Waals surface area contributed by atoms with Gasteiger partial charge in [0.15, 0.2) is 0 Å². The molecule has 0 fully saturated rings. The SMILES string of the molecule is O=[N+]([O-])c1cccc(OS(=O)(=O)c2cc(F)ccc2Cl)c1. The third-order valence-electron chi connectivity index (χ3n) is 2.40. The number of benzene rings is 2. The summed E-state index contributed by atoms with van der Waals surface area (Å²) in [5.41, 5.74) is -0.340. The molecule has 0 saturated carbocycles. The molecule has 2 aromatic carbocycles. The molecule has 0 spiro atoms. The standard InChI is InChI=1S/C12H7ClFNO5S/c13-11-5-4-8(14)6-12(11)21(18,19)20-10-3-1-2-9(7-10)15(16)17/h1-7H. The van der Waals surface area contributed by atoms with Crippen molar-refractivity contribution in [2.75, 3.05) is 0 Å². The zero-order valence-corrected chi connectivity index (χ0v) is 11.8. The molecule has 0 saturated heterocycles. The lowest BCUT2D eigenvalue weighted by atomic mass is 10.3. The number of hydrogen-bond donors (Lipinski definition) is 0. The van der Waals surface area contributed by atoms with Crippen molar-refractivity contribution in [1.29, 1.82) is 0 Å². The van der Waals surface area contributed by atoms with Crippen LogP contribution in [0.25, 0.3) is 0 Å². The lowest BCUT2D eigenvalue weighted by molar-refractivity contribution is -0.384. The molecule has 0 N–H and O–H groups in total. The van der Waals surface area contributed by atoms with E-state index in [4.69, 9.17) is 15.8 Å². The quantitative estimate of drug-likeness (QED) is 0.488. The second-order valence-electron chi connectivity index (χ2n) is 3.87. The molecule has 9 heteroatoms. The Morgan fingerprint density at radius 3 is 2.57 bits per heavy atom. The molecule has 0 aromatic heterocycles. The second-order valence-corrected chi connectivity index (χ2v) is 5.79. The molecule has 2 rings (SSSR count). The maximum Gasteiger partial charge on any atom is 0.340 e. The first-order valence-corrected chi connectivity index (χ1v) is 7.22. The van der Waals surface area contributed by atoms with Gasteiger partial charge in [0.25, 0.3) is 5.69 Å². The fourth-order valence-corrected chi connectivity index (χ4v) is 2.90. The van der Waals surface area contributed by atoms with Gasteiger partial charge in [-0.25, -0.2) is 4.39 Å². The number of nitro benzene ring substituents is 1. The van der Waals surface area contributed by atoms with E-state index in [1.54, 1.807) is 0 Å². The molecule has 6 nitrogen and oxygen atoms in total. The predicted octanol–water partition coefficient (Wildman–Crippen LogP) is 3.16. The first-order valence-electron chi connectivity index (χ1n) is 5.43. The Morgan fingerprint density at radius 1 is 1.19 bits per heavy atom. The van der Waals surface area contributed by atoms with Gasteiger partial charge in [-0.3, -0.25) is 10.1 Å². The van der Waals surface area contributed by atoms with Gasteiger partial charge in [-0.15, -0.1) is 0 Å². The molecule has 0 aliphatic rings. The molecule has 21 heavy (non-hydrogen) atoms. The highest BCUT2D eigenvalue weighted by Crippen LogP contribution is 2.27. The highest BCUT2D eigenvalue weighted by molar-refractivity contribution is 7.87. The average molecular weight is 332 g/mol. The first kappa shape index (κ1) is 15.2. The van der Waals surface area contributed by atoms with Crippen LogP contribution in [0, 0.1) is 15.9 Å². The lowest BCUT2D eigenvalue weighted by Crippen LogP contribution is -2.10. The van der Waals surface area contributed by atoms with Gasteiger partial charge in [0.05, 0.1) is 16.0 Å². The van der Waals surface area contributed by atoms with Gasteiger partial charge in [0, 0.05) is 6.07 Å². The van der Waals surface area contributed by atoms with Crippen LogP contribution in [0.5, 0.6) is 5.75 Å². The van der Waals surface area contributed by atoms with E-state index < -0.39 is 25.8 Å². The number of non-ortho nitro benzene ring substituents is 1. The van der Waals surface area contributed by atoms with E-state index in [-0.39, 0.29) is 16.5 Å². The third kappa shape index (κ3) is 3.47. The van der Waals surface area contributed by atoms with Crippen LogP contribution in [0.1, 0.15) is 0 Å². The van der Waals surface area contributed by atoms with Gasteiger partial charge in [-0.1, -0.05) is 17.7 Å². The van der Waals surface area contributed by atoms with Crippen LogP contribution < -0.4 is 4.18 Å². The van der Waals surface area contributed by atoms with Gasteiger partial charge in [-0.05, 0) is 24.3 Å². The van der Waals surface area contributed by atoms with Crippen molar-refractivity contribution in [3.05, 3.63) is 63.4 Å². The first-order chi connectivity index (χ1) is 9.79. The summed E-state index contributed by atoms with van der Waals surface area (Å²) >= 11 is 5.69. The number of rotatable bonds is 4. The minimum Gasteiger partial charge on any atom is -0.379 e. The second kappa shape index (κ2) is 5.66. The van der Waals surface area contributed by atoms with Crippen LogP contribution >= 0.6 is 11.6 Å². The van der Waals surface area contributed by atoms with E-state index in [0.717, 1.165) is 18.2 Å². The van der Waals surface area contributed by atoms with E-state index in [2.05, 4.69) is 0 Å². The van der Waals surface area contributed by atoms with Crippen molar-refractivity contribution in [3.8, 4) is 5.75 Å². The largest absolute Gasteiger partial charge is 0.379 e.